The molecule has 1 fully saturated rings. The molecule has 2 aliphatic rings. The van der Waals surface area contributed by atoms with E-state index in [-0.39, 0.29) is 5.91 Å². The van der Waals surface area contributed by atoms with Crippen molar-refractivity contribution in [2.45, 2.75) is 38.6 Å². The molecular weight excluding hydrogens is 400 g/mol. The molecule has 1 unspecified atom stereocenters. The van der Waals surface area contributed by atoms with Crippen molar-refractivity contribution in [1.82, 2.24) is 9.80 Å². The molecule has 2 aromatic rings. The number of hydrogen-bond acceptors (Lipinski definition) is 4. The van der Waals surface area contributed by atoms with Gasteiger partial charge in [-0.15, -0.1) is 0 Å². The molecule has 1 saturated heterocycles. The molecule has 0 aromatic heterocycles. The zero-order valence-electron chi connectivity index (χ0n) is 19.3. The molecule has 32 heavy (non-hydrogen) atoms. The summed E-state index contributed by atoms with van der Waals surface area (Å²) in [6.45, 7) is 5.85. The van der Waals surface area contributed by atoms with Gasteiger partial charge in [-0.1, -0.05) is 42.0 Å². The van der Waals surface area contributed by atoms with E-state index < -0.39 is 0 Å². The molecule has 5 heteroatoms. The van der Waals surface area contributed by atoms with E-state index in [2.05, 4.69) is 37.1 Å². The van der Waals surface area contributed by atoms with Gasteiger partial charge in [0, 0.05) is 31.1 Å². The Morgan fingerprint density at radius 2 is 1.88 bits per heavy atom. The summed E-state index contributed by atoms with van der Waals surface area (Å²) in [6.07, 6.45) is 6.45. The van der Waals surface area contributed by atoms with Crippen LogP contribution < -0.4 is 9.47 Å². The Bertz CT molecular complexity index is 941. The number of benzene rings is 2. The Morgan fingerprint density at radius 1 is 1.09 bits per heavy atom. The van der Waals surface area contributed by atoms with Crippen molar-refractivity contribution < 1.29 is 14.3 Å². The lowest BCUT2D eigenvalue weighted by Crippen LogP contribution is -2.37. The number of carbonyl (C=O) groups is 1. The van der Waals surface area contributed by atoms with Gasteiger partial charge in [-0.2, -0.15) is 0 Å². The van der Waals surface area contributed by atoms with E-state index >= 15 is 0 Å². The second-order valence-electron chi connectivity index (χ2n) is 8.91. The first-order chi connectivity index (χ1) is 15.6. The normalized spacial score (nSPS) is 18.9. The van der Waals surface area contributed by atoms with Crippen molar-refractivity contribution in [3.8, 4) is 11.5 Å². The molecule has 1 atom stereocenters. The number of hydrogen-bond donors (Lipinski definition) is 0. The van der Waals surface area contributed by atoms with Crippen molar-refractivity contribution in [1.29, 1.82) is 0 Å². The fraction of sp³-hybridized carbons (Fsp3) is 0.444. The second-order valence-corrected chi connectivity index (χ2v) is 8.91. The maximum Gasteiger partial charge on any atom is 0.254 e. The third-order valence-corrected chi connectivity index (χ3v) is 6.34. The molecule has 0 N–H and O–H groups in total. The maximum atomic E-state index is 13.6. The van der Waals surface area contributed by atoms with Gasteiger partial charge < -0.3 is 19.3 Å². The van der Waals surface area contributed by atoms with E-state index in [1.807, 2.05) is 41.3 Å². The van der Waals surface area contributed by atoms with Gasteiger partial charge >= 0.3 is 0 Å². The highest BCUT2D eigenvalue weighted by Crippen LogP contribution is 2.31. The van der Waals surface area contributed by atoms with E-state index in [1.165, 1.54) is 18.4 Å². The van der Waals surface area contributed by atoms with Gasteiger partial charge in [0.15, 0.2) is 11.5 Å². The van der Waals surface area contributed by atoms with Gasteiger partial charge in [0.05, 0.1) is 13.2 Å². The van der Waals surface area contributed by atoms with Crippen molar-refractivity contribution >= 4 is 12.0 Å². The van der Waals surface area contributed by atoms with Gasteiger partial charge in [0.25, 0.3) is 5.91 Å². The van der Waals surface area contributed by atoms with Gasteiger partial charge in [-0.05, 0) is 63.5 Å². The number of amides is 1. The lowest BCUT2D eigenvalue weighted by Gasteiger charge is -2.27. The highest BCUT2D eigenvalue weighted by atomic mass is 16.5. The molecule has 0 radical (unpaired) electrons. The van der Waals surface area contributed by atoms with E-state index in [0.29, 0.717) is 37.1 Å². The number of likely N-dealkylation sites (tertiary alicyclic amines) is 1. The van der Waals surface area contributed by atoms with Crippen LogP contribution in [0.25, 0.3) is 6.08 Å². The summed E-state index contributed by atoms with van der Waals surface area (Å²) in [5.41, 5.74) is 2.98. The Hall–Kier alpha value is -2.79. The highest BCUT2D eigenvalue weighted by molar-refractivity contribution is 5.95. The van der Waals surface area contributed by atoms with Crippen LogP contribution in [-0.4, -0.2) is 61.6 Å². The monoisotopic (exact) mass is 434 g/mol. The first-order valence-corrected chi connectivity index (χ1v) is 11.7. The summed E-state index contributed by atoms with van der Waals surface area (Å²) >= 11 is 0. The number of nitrogens with zero attached hydrogens (tertiary/aromatic N) is 2. The van der Waals surface area contributed by atoms with Crippen molar-refractivity contribution in [3.63, 3.8) is 0 Å². The van der Waals surface area contributed by atoms with Crippen LogP contribution in [0.5, 0.6) is 11.5 Å². The molecule has 0 bridgehead atoms. The van der Waals surface area contributed by atoms with Crippen LogP contribution in [0.3, 0.4) is 0 Å². The summed E-state index contributed by atoms with van der Waals surface area (Å²) in [7, 11) is 2.19. The molecule has 0 aliphatic carbocycles. The molecule has 5 nitrogen and oxygen atoms in total. The minimum Gasteiger partial charge on any atom is -0.490 e. The van der Waals surface area contributed by atoms with E-state index in [1.54, 1.807) is 0 Å². The lowest BCUT2D eigenvalue weighted by molar-refractivity contribution is 0.0757. The van der Waals surface area contributed by atoms with E-state index in [4.69, 9.17) is 9.47 Å². The molecule has 1 amide bonds. The smallest absolute Gasteiger partial charge is 0.254 e. The fourth-order valence-corrected chi connectivity index (χ4v) is 4.56. The van der Waals surface area contributed by atoms with Gasteiger partial charge in [0.1, 0.15) is 0 Å². The molecule has 2 aromatic carbocycles. The summed E-state index contributed by atoms with van der Waals surface area (Å²) in [5, 5.41) is 0. The van der Waals surface area contributed by atoms with Crippen molar-refractivity contribution in [2.24, 2.45) is 0 Å². The largest absolute Gasteiger partial charge is 0.490 e. The molecule has 0 spiro atoms. The third-order valence-electron chi connectivity index (χ3n) is 6.34. The highest BCUT2D eigenvalue weighted by Gasteiger charge is 2.24. The quantitative estimate of drug-likeness (QED) is 0.623. The number of ether oxygens (including phenoxy) is 2. The van der Waals surface area contributed by atoms with Crippen LogP contribution in [0.2, 0.25) is 0 Å². The zero-order valence-corrected chi connectivity index (χ0v) is 19.3. The fourth-order valence-electron chi connectivity index (χ4n) is 4.56. The average Bonchev–Trinajstić information content (AvgIpc) is 3.06. The Labute approximate surface area is 191 Å². The van der Waals surface area contributed by atoms with Crippen LogP contribution >= 0.6 is 0 Å². The first-order valence-electron chi connectivity index (χ1n) is 11.7. The second kappa shape index (κ2) is 10.7. The van der Waals surface area contributed by atoms with Crippen LogP contribution in [0.15, 0.2) is 54.1 Å². The molecule has 2 aliphatic heterocycles. The molecule has 2 heterocycles. The Balaban J connectivity index is 1.52. The van der Waals surface area contributed by atoms with Crippen LogP contribution in [0, 0.1) is 0 Å². The summed E-state index contributed by atoms with van der Waals surface area (Å²) in [5.74, 6) is 1.43. The standard InChI is InChI=1S/C27H34N2O3/c1-21(18-22-8-4-3-5-9-22)20-29(15-13-24-10-6-14-28(24)2)27(30)23-11-12-25-26(19-23)32-17-7-16-31-25/h3-5,8-9,11-12,18-19,24H,6-7,10,13-17,20H2,1-2H3/b21-18+. The molecule has 170 valence electrons. The van der Waals surface area contributed by atoms with Crippen molar-refractivity contribution in [3.05, 3.63) is 65.2 Å². The van der Waals surface area contributed by atoms with Crippen LogP contribution in [-0.2, 0) is 0 Å². The van der Waals surface area contributed by atoms with Crippen LogP contribution in [0.1, 0.15) is 48.5 Å². The Kier molecular flexibility index (Phi) is 7.48. The minimum absolute atomic E-state index is 0.0436. The van der Waals surface area contributed by atoms with Gasteiger partial charge in [0.2, 0.25) is 0 Å². The van der Waals surface area contributed by atoms with E-state index in [0.717, 1.165) is 37.2 Å². The number of carbonyl (C=O) groups excluding carboxylic acids is 1. The maximum absolute atomic E-state index is 13.6. The summed E-state index contributed by atoms with van der Waals surface area (Å²) in [6, 6.07) is 16.4. The van der Waals surface area contributed by atoms with Gasteiger partial charge in [-0.25, -0.2) is 0 Å². The first kappa shape index (κ1) is 22.4. The summed E-state index contributed by atoms with van der Waals surface area (Å²) in [4.78, 5) is 18.0. The minimum atomic E-state index is 0.0436. The number of fused-ring (bicyclic) bond motifs is 1. The zero-order chi connectivity index (χ0) is 22.3. The SMILES string of the molecule is C/C(=C\c1ccccc1)CN(CCC1CCCN1C)C(=O)c1ccc2c(c1)OCCCO2. The lowest BCUT2D eigenvalue weighted by atomic mass is 10.1. The number of rotatable bonds is 7. The van der Waals surface area contributed by atoms with Crippen LogP contribution in [0.4, 0.5) is 0 Å². The topological polar surface area (TPSA) is 42.0 Å². The van der Waals surface area contributed by atoms with Gasteiger partial charge in [-0.3, -0.25) is 4.79 Å². The van der Waals surface area contributed by atoms with Crippen molar-refractivity contribution in [2.75, 3.05) is 39.9 Å². The molecular formula is C27H34N2O3. The molecule has 4 rings (SSSR count). The average molecular weight is 435 g/mol. The van der Waals surface area contributed by atoms with E-state index in [9.17, 15) is 4.79 Å². The molecule has 0 saturated carbocycles. The predicted octanol–water partition coefficient (Wildman–Crippen LogP) is 4.88. The summed E-state index contributed by atoms with van der Waals surface area (Å²) < 4.78 is 11.6. The third kappa shape index (κ3) is 5.71. The predicted molar refractivity (Wildman–Crippen MR) is 128 cm³/mol. The Morgan fingerprint density at radius 3 is 2.62 bits per heavy atom.